The summed E-state index contributed by atoms with van der Waals surface area (Å²) in [5, 5.41) is 4.52. The molecule has 0 radical (unpaired) electrons. The van der Waals surface area contributed by atoms with Crippen molar-refractivity contribution in [2.75, 3.05) is 12.3 Å². The van der Waals surface area contributed by atoms with E-state index in [9.17, 15) is 0 Å². The average Bonchev–Trinajstić information content (AvgIpc) is 2.37. The molecule has 0 aliphatic carbocycles. The molecule has 1 N–H and O–H groups in total. The van der Waals surface area contributed by atoms with Gasteiger partial charge in [-0.05, 0) is 52.1 Å². The largest absolute Gasteiger partial charge is 0.314 e. The van der Waals surface area contributed by atoms with E-state index in [0.717, 1.165) is 28.8 Å². The molecule has 0 aliphatic heterocycles. The van der Waals surface area contributed by atoms with E-state index in [-0.39, 0.29) is 0 Å². The van der Waals surface area contributed by atoms with Crippen LogP contribution >= 0.6 is 11.8 Å². The SMILES string of the molecule is CCCNC(CC)CCCSc1nc(C)cc(C)n1. The van der Waals surface area contributed by atoms with Gasteiger partial charge < -0.3 is 5.32 Å². The summed E-state index contributed by atoms with van der Waals surface area (Å²) < 4.78 is 0. The van der Waals surface area contributed by atoms with E-state index in [4.69, 9.17) is 0 Å². The number of hydrogen-bond donors (Lipinski definition) is 1. The van der Waals surface area contributed by atoms with Gasteiger partial charge in [0.1, 0.15) is 0 Å². The van der Waals surface area contributed by atoms with Crippen LogP contribution < -0.4 is 5.32 Å². The molecule has 1 aromatic heterocycles. The number of thioether (sulfide) groups is 1. The first-order chi connectivity index (χ1) is 9.15. The topological polar surface area (TPSA) is 37.8 Å². The fourth-order valence-corrected chi connectivity index (χ4v) is 2.96. The molecular formula is C15H27N3S. The van der Waals surface area contributed by atoms with E-state index in [2.05, 4.69) is 29.1 Å². The predicted octanol–water partition coefficient (Wildman–Crippen LogP) is 3.74. The zero-order chi connectivity index (χ0) is 14.1. The van der Waals surface area contributed by atoms with Gasteiger partial charge in [-0.25, -0.2) is 9.97 Å². The normalized spacial score (nSPS) is 12.6. The molecule has 0 spiro atoms. The summed E-state index contributed by atoms with van der Waals surface area (Å²) >= 11 is 1.78. The summed E-state index contributed by atoms with van der Waals surface area (Å²) in [6.45, 7) is 9.66. The molecule has 0 fully saturated rings. The summed E-state index contributed by atoms with van der Waals surface area (Å²) in [6, 6.07) is 2.69. The summed E-state index contributed by atoms with van der Waals surface area (Å²) in [5.74, 6) is 1.10. The van der Waals surface area contributed by atoms with E-state index in [1.54, 1.807) is 11.8 Å². The first-order valence-electron chi connectivity index (χ1n) is 7.34. The van der Waals surface area contributed by atoms with Crippen LogP contribution in [0.25, 0.3) is 0 Å². The summed E-state index contributed by atoms with van der Waals surface area (Å²) in [7, 11) is 0. The number of nitrogens with zero attached hydrogens (tertiary/aromatic N) is 2. The Morgan fingerprint density at radius 3 is 2.47 bits per heavy atom. The molecular weight excluding hydrogens is 254 g/mol. The van der Waals surface area contributed by atoms with Gasteiger partial charge in [0.25, 0.3) is 0 Å². The van der Waals surface area contributed by atoms with E-state index >= 15 is 0 Å². The van der Waals surface area contributed by atoms with Gasteiger partial charge >= 0.3 is 0 Å². The number of rotatable bonds is 9. The van der Waals surface area contributed by atoms with Gasteiger partial charge in [0.15, 0.2) is 5.16 Å². The Hall–Kier alpha value is -0.610. The molecule has 108 valence electrons. The molecule has 1 rings (SSSR count). The van der Waals surface area contributed by atoms with Crippen LogP contribution in [0.5, 0.6) is 0 Å². The smallest absolute Gasteiger partial charge is 0.187 e. The highest BCUT2D eigenvalue weighted by Gasteiger charge is 2.05. The van der Waals surface area contributed by atoms with Crippen molar-refractivity contribution < 1.29 is 0 Å². The molecule has 4 heteroatoms. The lowest BCUT2D eigenvalue weighted by molar-refractivity contribution is 0.465. The maximum Gasteiger partial charge on any atom is 0.187 e. The van der Waals surface area contributed by atoms with Crippen molar-refractivity contribution in [1.82, 2.24) is 15.3 Å². The minimum absolute atomic E-state index is 0.667. The van der Waals surface area contributed by atoms with Gasteiger partial charge in [0.05, 0.1) is 0 Å². The van der Waals surface area contributed by atoms with Crippen LogP contribution in [0.4, 0.5) is 0 Å². The first kappa shape index (κ1) is 16.4. The number of aryl methyl sites for hydroxylation is 2. The monoisotopic (exact) mass is 281 g/mol. The highest BCUT2D eigenvalue weighted by atomic mass is 32.2. The van der Waals surface area contributed by atoms with Crippen molar-refractivity contribution >= 4 is 11.8 Å². The molecule has 3 nitrogen and oxygen atoms in total. The highest BCUT2D eigenvalue weighted by Crippen LogP contribution is 2.16. The Bertz CT molecular complexity index is 348. The van der Waals surface area contributed by atoms with Gasteiger partial charge in [0.2, 0.25) is 0 Å². The van der Waals surface area contributed by atoms with Crippen LogP contribution in [0.2, 0.25) is 0 Å². The molecule has 0 aliphatic rings. The number of nitrogens with one attached hydrogen (secondary N) is 1. The third-order valence-electron chi connectivity index (χ3n) is 3.07. The molecule has 1 heterocycles. The lowest BCUT2D eigenvalue weighted by Gasteiger charge is -2.15. The lowest BCUT2D eigenvalue weighted by Crippen LogP contribution is -2.29. The van der Waals surface area contributed by atoms with Crippen molar-refractivity contribution in [2.24, 2.45) is 0 Å². The second-order valence-electron chi connectivity index (χ2n) is 4.98. The molecule has 1 unspecified atom stereocenters. The number of hydrogen-bond acceptors (Lipinski definition) is 4. The first-order valence-corrected chi connectivity index (χ1v) is 8.32. The summed E-state index contributed by atoms with van der Waals surface area (Å²) in [4.78, 5) is 8.91. The molecule has 0 saturated carbocycles. The second kappa shape index (κ2) is 9.32. The van der Waals surface area contributed by atoms with Crippen molar-refractivity contribution in [3.8, 4) is 0 Å². The third-order valence-corrected chi connectivity index (χ3v) is 4.00. The predicted molar refractivity (Wildman–Crippen MR) is 83.8 cm³/mol. The second-order valence-corrected chi connectivity index (χ2v) is 6.05. The Morgan fingerprint density at radius 1 is 1.21 bits per heavy atom. The molecule has 0 saturated heterocycles. The minimum atomic E-state index is 0.667. The zero-order valence-corrected chi connectivity index (χ0v) is 13.5. The van der Waals surface area contributed by atoms with E-state index in [1.807, 2.05) is 19.9 Å². The van der Waals surface area contributed by atoms with Gasteiger partial charge in [0, 0.05) is 23.2 Å². The average molecular weight is 281 g/mol. The Morgan fingerprint density at radius 2 is 1.89 bits per heavy atom. The Balaban J connectivity index is 2.25. The van der Waals surface area contributed by atoms with Gasteiger partial charge in [-0.15, -0.1) is 0 Å². The van der Waals surface area contributed by atoms with Crippen molar-refractivity contribution in [3.05, 3.63) is 17.5 Å². The molecule has 0 aromatic carbocycles. The Kier molecular flexibility index (Phi) is 8.07. The third kappa shape index (κ3) is 6.92. The van der Waals surface area contributed by atoms with Crippen LogP contribution in [-0.2, 0) is 0 Å². The van der Waals surface area contributed by atoms with Crippen LogP contribution in [-0.4, -0.2) is 28.3 Å². The quantitative estimate of drug-likeness (QED) is 0.425. The van der Waals surface area contributed by atoms with Gasteiger partial charge in [-0.2, -0.15) is 0 Å². The Labute approximate surface area is 122 Å². The summed E-state index contributed by atoms with van der Waals surface area (Å²) in [5.41, 5.74) is 2.12. The van der Waals surface area contributed by atoms with Gasteiger partial charge in [-0.1, -0.05) is 25.6 Å². The number of aromatic nitrogens is 2. The standard InChI is InChI=1S/C15H27N3S/c1-5-9-16-14(6-2)8-7-10-19-15-17-12(3)11-13(4)18-15/h11,14,16H,5-10H2,1-4H3. The molecule has 0 amide bonds. The van der Waals surface area contributed by atoms with Crippen LogP contribution in [0, 0.1) is 13.8 Å². The van der Waals surface area contributed by atoms with Crippen LogP contribution in [0.3, 0.4) is 0 Å². The maximum atomic E-state index is 4.46. The van der Waals surface area contributed by atoms with Crippen molar-refractivity contribution in [2.45, 2.75) is 64.6 Å². The fraction of sp³-hybridized carbons (Fsp3) is 0.733. The molecule has 1 aromatic rings. The fourth-order valence-electron chi connectivity index (χ4n) is 2.05. The highest BCUT2D eigenvalue weighted by molar-refractivity contribution is 7.99. The molecule has 19 heavy (non-hydrogen) atoms. The minimum Gasteiger partial charge on any atom is -0.314 e. The summed E-state index contributed by atoms with van der Waals surface area (Å²) in [6.07, 6.45) is 4.89. The lowest BCUT2D eigenvalue weighted by atomic mass is 10.1. The zero-order valence-electron chi connectivity index (χ0n) is 12.7. The molecule has 0 bridgehead atoms. The van der Waals surface area contributed by atoms with Crippen LogP contribution in [0.1, 0.15) is 50.9 Å². The van der Waals surface area contributed by atoms with Crippen LogP contribution in [0.15, 0.2) is 11.2 Å². The van der Waals surface area contributed by atoms with Crippen molar-refractivity contribution in [3.63, 3.8) is 0 Å². The van der Waals surface area contributed by atoms with Gasteiger partial charge in [-0.3, -0.25) is 0 Å². The van der Waals surface area contributed by atoms with E-state index in [1.165, 1.54) is 25.7 Å². The maximum absolute atomic E-state index is 4.46. The van der Waals surface area contributed by atoms with E-state index < -0.39 is 0 Å². The van der Waals surface area contributed by atoms with Crippen molar-refractivity contribution in [1.29, 1.82) is 0 Å². The van der Waals surface area contributed by atoms with E-state index in [0.29, 0.717) is 6.04 Å². The molecule has 1 atom stereocenters.